The first-order chi connectivity index (χ1) is 7.34. The molecule has 0 aliphatic heterocycles. The molecule has 0 heterocycles. The van der Waals surface area contributed by atoms with Crippen molar-refractivity contribution in [3.05, 3.63) is 0 Å². The lowest BCUT2D eigenvalue weighted by molar-refractivity contribution is -0.139. The number of rotatable bonds is 4. The average molecular weight is 227 g/mol. The van der Waals surface area contributed by atoms with Gasteiger partial charge in [-0.25, -0.2) is 0 Å². The summed E-state index contributed by atoms with van der Waals surface area (Å²) in [6, 6.07) is 0.444. The van der Waals surface area contributed by atoms with Crippen molar-refractivity contribution >= 4 is 5.97 Å². The Hall–Kier alpha value is -0.570. The second-order valence-corrected chi connectivity index (χ2v) is 6.02. The number of carboxylic acid groups (broad SMARTS) is 1. The van der Waals surface area contributed by atoms with E-state index in [9.17, 15) is 4.79 Å². The van der Waals surface area contributed by atoms with Crippen LogP contribution in [0.15, 0.2) is 0 Å². The van der Waals surface area contributed by atoms with Crippen LogP contribution in [-0.2, 0) is 4.79 Å². The van der Waals surface area contributed by atoms with Crippen LogP contribution in [0.1, 0.15) is 47.0 Å². The van der Waals surface area contributed by atoms with E-state index in [-0.39, 0.29) is 6.54 Å². The molecule has 94 valence electrons. The zero-order valence-electron chi connectivity index (χ0n) is 11.0. The summed E-state index contributed by atoms with van der Waals surface area (Å²) in [5, 5.41) is 8.90. The van der Waals surface area contributed by atoms with Gasteiger partial charge < -0.3 is 5.11 Å². The van der Waals surface area contributed by atoms with Crippen LogP contribution in [-0.4, -0.2) is 35.1 Å². The molecule has 1 N–H and O–H groups in total. The summed E-state index contributed by atoms with van der Waals surface area (Å²) >= 11 is 0. The van der Waals surface area contributed by atoms with E-state index in [1.807, 2.05) is 0 Å². The van der Waals surface area contributed by atoms with Crippen LogP contribution < -0.4 is 0 Å². The van der Waals surface area contributed by atoms with Crippen molar-refractivity contribution in [2.45, 2.75) is 53.0 Å². The Morgan fingerprint density at radius 1 is 1.44 bits per heavy atom. The van der Waals surface area contributed by atoms with E-state index in [4.69, 9.17) is 5.11 Å². The fourth-order valence-corrected chi connectivity index (χ4v) is 3.25. The minimum Gasteiger partial charge on any atom is -0.480 e. The summed E-state index contributed by atoms with van der Waals surface area (Å²) < 4.78 is 0. The van der Waals surface area contributed by atoms with Gasteiger partial charge in [-0.2, -0.15) is 0 Å². The topological polar surface area (TPSA) is 40.5 Å². The third-order valence-corrected chi connectivity index (χ3v) is 3.62. The zero-order chi connectivity index (χ0) is 12.3. The predicted molar refractivity (Wildman–Crippen MR) is 65.5 cm³/mol. The third-order valence-electron chi connectivity index (χ3n) is 3.62. The molecule has 1 aliphatic carbocycles. The zero-order valence-corrected chi connectivity index (χ0v) is 11.0. The van der Waals surface area contributed by atoms with Crippen molar-refractivity contribution in [1.29, 1.82) is 0 Å². The van der Waals surface area contributed by atoms with Crippen molar-refractivity contribution in [2.75, 3.05) is 13.1 Å². The van der Waals surface area contributed by atoms with Gasteiger partial charge in [0.15, 0.2) is 0 Å². The molecule has 3 heteroatoms. The SMILES string of the molecule is CCN(CC(=O)O)C1CC(C)CC(C)(C)C1. The molecule has 0 spiro atoms. The smallest absolute Gasteiger partial charge is 0.317 e. The van der Waals surface area contributed by atoms with Gasteiger partial charge in [0.1, 0.15) is 0 Å². The Morgan fingerprint density at radius 3 is 2.50 bits per heavy atom. The van der Waals surface area contributed by atoms with Gasteiger partial charge in [0.05, 0.1) is 6.54 Å². The number of nitrogens with zero attached hydrogens (tertiary/aromatic N) is 1. The first-order valence-electron chi connectivity index (χ1n) is 6.30. The summed E-state index contributed by atoms with van der Waals surface area (Å²) in [5.74, 6) is -0.00511. The molecule has 3 nitrogen and oxygen atoms in total. The fraction of sp³-hybridized carbons (Fsp3) is 0.923. The highest BCUT2D eigenvalue weighted by Crippen LogP contribution is 2.40. The third kappa shape index (κ3) is 3.78. The van der Waals surface area contributed by atoms with Gasteiger partial charge >= 0.3 is 5.97 Å². The largest absolute Gasteiger partial charge is 0.480 e. The van der Waals surface area contributed by atoms with Crippen molar-refractivity contribution in [3.63, 3.8) is 0 Å². The average Bonchev–Trinajstić information content (AvgIpc) is 2.10. The van der Waals surface area contributed by atoms with Gasteiger partial charge in [-0.3, -0.25) is 9.69 Å². The van der Waals surface area contributed by atoms with Crippen molar-refractivity contribution in [1.82, 2.24) is 4.90 Å². The maximum Gasteiger partial charge on any atom is 0.317 e. The standard InChI is InChI=1S/C13H25NO2/c1-5-14(9-12(15)16)11-6-10(2)7-13(3,4)8-11/h10-11H,5-9H2,1-4H3,(H,15,16). The van der Waals surface area contributed by atoms with Crippen LogP contribution in [0.25, 0.3) is 0 Å². The molecule has 0 aromatic carbocycles. The van der Waals surface area contributed by atoms with E-state index in [1.54, 1.807) is 0 Å². The number of hydrogen-bond acceptors (Lipinski definition) is 2. The Balaban J connectivity index is 2.66. The molecule has 2 atom stereocenters. The molecule has 2 unspecified atom stereocenters. The van der Waals surface area contributed by atoms with Gasteiger partial charge in [0.2, 0.25) is 0 Å². The summed E-state index contributed by atoms with van der Waals surface area (Å²) in [7, 11) is 0. The highest BCUT2D eigenvalue weighted by atomic mass is 16.4. The Bertz CT molecular complexity index is 250. The summed E-state index contributed by atoms with van der Waals surface area (Å²) in [6.07, 6.45) is 3.52. The molecule has 0 radical (unpaired) electrons. The minimum absolute atomic E-state index is 0.184. The van der Waals surface area contributed by atoms with E-state index in [0.29, 0.717) is 17.4 Å². The van der Waals surface area contributed by atoms with Crippen LogP contribution >= 0.6 is 0 Å². The van der Waals surface area contributed by atoms with Crippen molar-refractivity contribution in [2.24, 2.45) is 11.3 Å². The maximum atomic E-state index is 10.8. The fourth-order valence-electron chi connectivity index (χ4n) is 3.25. The molecule has 0 aromatic rings. The highest BCUT2D eigenvalue weighted by molar-refractivity contribution is 5.69. The van der Waals surface area contributed by atoms with Gasteiger partial charge in [-0.05, 0) is 37.1 Å². The monoisotopic (exact) mass is 227 g/mol. The number of likely N-dealkylation sites (N-methyl/N-ethyl adjacent to an activating group) is 1. The molecular formula is C13H25NO2. The van der Waals surface area contributed by atoms with Gasteiger partial charge in [-0.15, -0.1) is 0 Å². The first kappa shape index (κ1) is 13.5. The van der Waals surface area contributed by atoms with E-state index in [0.717, 1.165) is 19.4 Å². The molecule has 1 aliphatic rings. The molecule has 1 saturated carbocycles. The molecule has 0 amide bonds. The van der Waals surface area contributed by atoms with Crippen LogP contribution in [0.3, 0.4) is 0 Å². The van der Waals surface area contributed by atoms with Gasteiger partial charge in [-0.1, -0.05) is 27.7 Å². The Kier molecular flexibility index (Phi) is 4.36. The lowest BCUT2D eigenvalue weighted by Gasteiger charge is -2.43. The first-order valence-corrected chi connectivity index (χ1v) is 6.30. The summed E-state index contributed by atoms with van der Waals surface area (Å²) in [4.78, 5) is 12.9. The molecule has 1 fully saturated rings. The van der Waals surface area contributed by atoms with Crippen molar-refractivity contribution < 1.29 is 9.90 Å². The van der Waals surface area contributed by atoms with E-state index in [1.165, 1.54) is 6.42 Å². The molecule has 0 saturated heterocycles. The Morgan fingerprint density at radius 2 is 2.06 bits per heavy atom. The summed E-state index contributed by atoms with van der Waals surface area (Å²) in [6.45, 7) is 9.94. The van der Waals surface area contributed by atoms with Gasteiger partial charge in [0.25, 0.3) is 0 Å². The second kappa shape index (κ2) is 5.17. The van der Waals surface area contributed by atoms with E-state index >= 15 is 0 Å². The molecular weight excluding hydrogens is 202 g/mol. The number of aliphatic carboxylic acids is 1. The van der Waals surface area contributed by atoms with Crippen molar-refractivity contribution in [3.8, 4) is 0 Å². The van der Waals surface area contributed by atoms with Crippen LogP contribution in [0, 0.1) is 11.3 Å². The molecule has 0 aromatic heterocycles. The number of hydrogen-bond donors (Lipinski definition) is 1. The molecule has 16 heavy (non-hydrogen) atoms. The number of carbonyl (C=O) groups is 1. The van der Waals surface area contributed by atoms with Crippen LogP contribution in [0.4, 0.5) is 0 Å². The lowest BCUT2D eigenvalue weighted by atomic mass is 9.70. The number of carboxylic acids is 1. The van der Waals surface area contributed by atoms with Crippen LogP contribution in [0.5, 0.6) is 0 Å². The quantitative estimate of drug-likeness (QED) is 0.802. The predicted octanol–water partition coefficient (Wildman–Crippen LogP) is 2.61. The lowest BCUT2D eigenvalue weighted by Crippen LogP contribution is -2.45. The van der Waals surface area contributed by atoms with E-state index in [2.05, 4.69) is 32.6 Å². The normalized spacial score (nSPS) is 29.3. The molecule has 1 rings (SSSR count). The van der Waals surface area contributed by atoms with E-state index < -0.39 is 5.97 Å². The van der Waals surface area contributed by atoms with Crippen LogP contribution in [0.2, 0.25) is 0 Å². The Labute approximate surface area is 98.8 Å². The minimum atomic E-state index is -0.710. The maximum absolute atomic E-state index is 10.8. The second-order valence-electron chi connectivity index (χ2n) is 6.02. The summed E-state index contributed by atoms with van der Waals surface area (Å²) in [5.41, 5.74) is 0.355. The molecule has 0 bridgehead atoms. The van der Waals surface area contributed by atoms with Gasteiger partial charge in [0, 0.05) is 6.04 Å². The highest BCUT2D eigenvalue weighted by Gasteiger charge is 2.34.